The second-order valence-corrected chi connectivity index (χ2v) is 5.76. The minimum absolute atomic E-state index is 0.478. The van der Waals surface area contributed by atoms with Crippen LogP contribution in [0.1, 0.15) is 33.0 Å². The highest BCUT2D eigenvalue weighted by molar-refractivity contribution is 5.79. The summed E-state index contributed by atoms with van der Waals surface area (Å²) in [5.41, 5.74) is 1.04. The van der Waals surface area contributed by atoms with Gasteiger partial charge in [-0.3, -0.25) is 4.57 Å². The van der Waals surface area contributed by atoms with E-state index in [1.165, 1.54) is 0 Å². The normalized spacial score (nSPS) is 11.7. The fourth-order valence-corrected chi connectivity index (χ4v) is 2.14. The van der Waals surface area contributed by atoms with Gasteiger partial charge in [0.25, 0.3) is 0 Å². The highest BCUT2D eigenvalue weighted by Gasteiger charge is 2.06. The lowest BCUT2D eigenvalue weighted by atomic mass is 10.1. The molecule has 6 heteroatoms. The Morgan fingerprint density at radius 3 is 2.70 bits per heavy atom. The Balaban J connectivity index is 2.03. The quantitative estimate of drug-likeness (QED) is 0.608. The maximum atomic E-state index is 4.61. The topological polar surface area (TPSA) is 67.1 Å². The summed E-state index contributed by atoms with van der Waals surface area (Å²) >= 11 is 0. The molecule has 1 aromatic heterocycles. The number of benzene rings is 1. The van der Waals surface area contributed by atoms with E-state index in [9.17, 15) is 0 Å². The van der Waals surface area contributed by atoms with Crippen LogP contribution in [-0.4, -0.2) is 33.8 Å². The third-order valence-electron chi connectivity index (χ3n) is 3.39. The van der Waals surface area contributed by atoms with Gasteiger partial charge in [-0.2, -0.15) is 0 Å². The predicted molar refractivity (Wildman–Crippen MR) is 93.6 cm³/mol. The Labute approximate surface area is 138 Å². The molecule has 0 radical (unpaired) electrons. The number of rotatable bonds is 7. The molecule has 0 aliphatic carbocycles. The molecule has 0 bridgehead atoms. The molecule has 0 atom stereocenters. The summed E-state index contributed by atoms with van der Waals surface area (Å²) in [5.74, 6) is 2.31. The first-order chi connectivity index (χ1) is 11.2. The van der Waals surface area contributed by atoms with Gasteiger partial charge >= 0.3 is 0 Å². The Bertz CT molecular complexity index is 603. The molecule has 0 amide bonds. The first kappa shape index (κ1) is 17.0. The third kappa shape index (κ3) is 5.39. The molecule has 0 saturated heterocycles. The van der Waals surface area contributed by atoms with Crippen LogP contribution in [0.25, 0.3) is 5.69 Å². The molecule has 23 heavy (non-hydrogen) atoms. The van der Waals surface area contributed by atoms with Crippen LogP contribution >= 0.6 is 0 Å². The smallest absolute Gasteiger partial charge is 0.191 e. The SMILES string of the molecule is CCNC(=NCc1nncn1-c1ccccc1)NCCC(C)C. The van der Waals surface area contributed by atoms with Crippen LogP contribution in [0.4, 0.5) is 0 Å². The van der Waals surface area contributed by atoms with Gasteiger partial charge in [0.2, 0.25) is 0 Å². The van der Waals surface area contributed by atoms with Gasteiger partial charge in [0.05, 0.1) is 0 Å². The molecule has 124 valence electrons. The van der Waals surface area contributed by atoms with Gasteiger partial charge in [-0.25, -0.2) is 4.99 Å². The van der Waals surface area contributed by atoms with E-state index in [-0.39, 0.29) is 0 Å². The average Bonchev–Trinajstić information content (AvgIpc) is 3.01. The fraction of sp³-hybridized carbons (Fsp3) is 0.471. The molecule has 0 aliphatic heterocycles. The number of para-hydroxylation sites is 1. The summed E-state index contributed by atoms with van der Waals surface area (Å²) in [4.78, 5) is 4.61. The van der Waals surface area contributed by atoms with Crippen molar-refractivity contribution in [1.82, 2.24) is 25.4 Å². The molecule has 2 aromatic rings. The van der Waals surface area contributed by atoms with Crippen molar-refractivity contribution in [2.75, 3.05) is 13.1 Å². The van der Waals surface area contributed by atoms with Crippen molar-refractivity contribution >= 4 is 5.96 Å². The Kier molecular flexibility index (Phi) is 6.59. The molecule has 2 N–H and O–H groups in total. The van der Waals surface area contributed by atoms with Crippen molar-refractivity contribution < 1.29 is 0 Å². The van der Waals surface area contributed by atoms with Crippen LogP contribution in [0.2, 0.25) is 0 Å². The van der Waals surface area contributed by atoms with Crippen molar-refractivity contribution in [3.63, 3.8) is 0 Å². The van der Waals surface area contributed by atoms with Gasteiger partial charge in [-0.05, 0) is 31.4 Å². The minimum atomic E-state index is 0.478. The number of hydrogen-bond acceptors (Lipinski definition) is 3. The number of aromatic nitrogens is 3. The van der Waals surface area contributed by atoms with Gasteiger partial charge in [0.1, 0.15) is 12.9 Å². The second-order valence-electron chi connectivity index (χ2n) is 5.76. The van der Waals surface area contributed by atoms with E-state index < -0.39 is 0 Å². The Hall–Kier alpha value is -2.37. The largest absolute Gasteiger partial charge is 0.357 e. The first-order valence-electron chi connectivity index (χ1n) is 8.17. The van der Waals surface area contributed by atoms with E-state index in [0.717, 1.165) is 37.0 Å². The van der Waals surface area contributed by atoms with E-state index in [0.29, 0.717) is 12.5 Å². The van der Waals surface area contributed by atoms with Gasteiger partial charge in [-0.1, -0.05) is 32.0 Å². The first-order valence-corrected chi connectivity index (χ1v) is 8.17. The highest BCUT2D eigenvalue weighted by atomic mass is 15.3. The summed E-state index contributed by atoms with van der Waals surface area (Å²) in [6.07, 6.45) is 2.84. The van der Waals surface area contributed by atoms with E-state index in [1.54, 1.807) is 6.33 Å². The molecule has 0 aliphatic rings. The molecular formula is C17H26N6. The molecule has 0 spiro atoms. The van der Waals surface area contributed by atoms with Crippen molar-refractivity contribution in [2.24, 2.45) is 10.9 Å². The summed E-state index contributed by atoms with van der Waals surface area (Å²) in [6.45, 7) is 8.72. The van der Waals surface area contributed by atoms with Crippen LogP contribution in [0.15, 0.2) is 41.7 Å². The monoisotopic (exact) mass is 314 g/mol. The van der Waals surface area contributed by atoms with Gasteiger partial charge < -0.3 is 10.6 Å². The van der Waals surface area contributed by atoms with Crippen molar-refractivity contribution in [3.05, 3.63) is 42.5 Å². The summed E-state index contributed by atoms with van der Waals surface area (Å²) < 4.78 is 1.96. The second kappa shape index (κ2) is 8.92. The number of nitrogens with zero attached hydrogens (tertiary/aromatic N) is 4. The summed E-state index contributed by atoms with van der Waals surface area (Å²) in [5, 5.41) is 14.8. The number of nitrogens with one attached hydrogen (secondary N) is 2. The number of aliphatic imine (C=N–C) groups is 1. The molecule has 2 rings (SSSR count). The van der Waals surface area contributed by atoms with Crippen molar-refractivity contribution in [1.29, 1.82) is 0 Å². The highest BCUT2D eigenvalue weighted by Crippen LogP contribution is 2.09. The van der Waals surface area contributed by atoms with Gasteiger partial charge in [-0.15, -0.1) is 10.2 Å². The average molecular weight is 314 g/mol. The van der Waals surface area contributed by atoms with Crippen LogP contribution in [0.5, 0.6) is 0 Å². The minimum Gasteiger partial charge on any atom is -0.357 e. The lowest BCUT2D eigenvalue weighted by Crippen LogP contribution is -2.38. The van der Waals surface area contributed by atoms with Crippen molar-refractivity contribution in [2.45, 2.75) is 33.7 Å². The van der Waals surface area contributed by atoms with Gasteiger partial charge in [0.15, 0.2) is 11.8 Å². The van der Waals surface area contributed by atoms with Crippen LogP contribution in [0.3, 0.4) is 0 Å². The Morgan fingerprint density at radius 1 is 1.22 bits per heavy atom. The Morgan fingerprint density at radius 2 is 2.00 bits per heavy atom. The molecule has 6 nitrogen and oxygen atoms in total. The van der Waals surface area contributed by atoms with E-state index >= 15 is 0 Å². The van der Waals surface area contributed by atoms with E-state index in [1.807, 2.05) is 34.9 Å². The van der Waals surface area contributed by atoms with E-state index in [4.69, 9.17) is 0 Å². The number of hydrogen-bond donors (Lipinski definition) is 2. The molecule has 1 aromatic carbocycles. The van der Waals surface area contributed by atoms with Crippen LogP contribution in [-0.2, 0) is 6.54 Å². The molecule has 0 unspecified atom stereocenters. The fourth-order valence-electron chi connectivity index (χ4n) is 2.14. The molecule has 1 heterocycles. The zero-order chi connectivity index (χ0) is 16.5. The maximum absolute atomic E-state index is 4.61. The van der Waals surface area contributed by atoms with E-state index in [2.05, 4.69) is 46.6 Å². The van der Waals surface area contributed by atoms with Crippen LogP contribution < -0.4 is 10.6 Å². The maximum Gasteiger partial charge on any atom is 0.191 e. The number of guanidine groups is 1. The molecular weight excluding hydrogens is 288 g/mol. The van der Waals surface area contributed by atoms with Crippen molar-refractivity contribution in [3.8, 4) is 5.69 Å². The van der Waals surface area contributed by atoms with Gasteiger partial charge in [0, 0.05) is 18.8 Å². The zero-order valence-corrected chi connectivity index (χ0v) is 14.2. The van der Waals surface area contributed by atoms with Crippen LogP contribution in [0, 0.1) is 5.92 Å². The summed E-state index contributed by atoms with van der Waals surface area (Å²) in [7, 11) is 0. The zero-order valence-electron chi connectivity index (χ0n) is 14.2. The lowest BCUT2D eigenvalue weighted by Gasteiger charge is -2.12. The predicted octanol–water partition coefficient (Wildman–Crippen LogP) is 2.37. The lowest BCUT2D eigenvalue weighted by molar-refractivity contribution is 0.573. The standard InChI is InChI=1S/C17H26N6/c1-4-18-17(19-11-10-14(2)3)20-12-16-22-21-13-23(16)15-8-6-5-7-9-15/h5-9,13-14H,4,10-12H2,1-3H3,(H2,18,19,20). The molecule has 0 saturated carbocycles. The summed E-state index contributed by atoms with van der Waals surface area (Å²) in [6, 6.07) is 10.1. The third-order valence-corrected chi connectivity index (χ3v) is 3.39. The molecule has 0 fully saturated rings.